The molecule has 0 bridgehead atoms. The predicted molar refractivity (Wildman–Crippen MR) is 121 cm³/mol. The van der Waals surface area contributed by atoms with Crippen molar-refractivity contribution < 1.29 is 9.47 Å². The molecular weight excluding hydrogens is 368 g/mol. The molecule has 0 N–H and O–H groups in total. The van der Waals surface area contributed by atoms with Gasteiger partial charge in [-0.15, -0.1) is 0 Å². The Labute approximate surface area is 177 Å². The quantitative estimate of drug-likeness (QED) is 0.681. The molecule has 1 heterocycles. The molecule has 1 saturated heterocycles. The van der Waals surface area contributed by atoms with E-state index in [0.29, 0.717) is 11.5 Å². The fraction of sp³-hybridized carbons (Fsp3) is 0.739. The lowest BCUT2D eigenvalue weighted by Gasteiger charge is -2.39. The summed E-state index contributed by atoms with van der Waals surface area (Å²) in [7, 11) is 1.74. The molecular formula is C23H38N2O2S. The van der Waals surface area contributed by atoms with Crippen molar-refractivity contribution in [2.24, 2.45) is 11.3 Å². The molecule has 0 unspecified atom stereocenters. The summed E-state index contributed by atoms with van der Waals surface area (Å²) in [6.07, 6.45) is 4.08. The van der Waals surface area contributed by atoms with E-state index in [4.69, 9.17) is 22.1 Å². The fourth-order valence-corrected chi connectivity index (χ4v) is 5.36. The van der Waals surface area contributed by atoms with Crippen molar-refractivity contribution in [3.63, 3.8) is 0 Å². The zero-order chi connectivity index (χ0) is 20.1. The Morgan fingerprint density at radius 2 is 1.86 bits per heavy atom. The second kappa shape index (κ2) is 9.73. The van der Waals surface area contributed by atoms with Crippen LogP contribution in [0.5, 0.6) is 5.75 Å². The largest absolute Gasteiger partial charge is 0.495 e. The number of hydrogen-bond acceptors (Lipinski definition) is 5. The first-order valence-electron chi connectivity index (χ1n) is 10.8. The van der Waals surface area contributed by atoms with Gasteiger partial charge in [-0.25, -0.2) is 0 Å². The first-order chi connectivity index (χ1) is 13.4. The zero-order valence-corrected chi connectivity index (χ0v) is 19.0. The zero-order valence-electron chi connectivity index (χ0n) is 18.1. The lowest BCUT2D eigenvalue weighted by molar-refractivity contribution is -0.0237. The molecule has 2 fully saturated rings. The third-order valence-electron chi connectivity index (χ3n) is 6.14. The molecule has 0 amide bonds. The van der Waals surface area contributed by atoms with E-state index in [1.807, 2.05) is 12.1 Å². The highest BCUT2D eigenvalue weighted by Gasteiger charge is 2.32. The second-order valence-electron chi connectivity index (χ2n) is 9.48. The normalized spacial score (nSPS) is 26.8. The molecule has 158 valence electrons. The minimum atomic E-state index is 0.276. The summed E-state index contributed by atoms with van der Waals surface area (Å²) in [4.78, 5) is 4.94. The van der Waals surface area contributed by atoms with Crippen LogP contribution in [0.4, 0.5) is 5.69 Å². The number of piperazine rings is 1. The molecule has 3 rings (SSSR count). The van der Waals surface area contributed by atoms with Crippen molar-refractivity contribution in [2.75, 3.05) is 51.3 Å². The van der Waals surface area contributed by atoms with Gasteiger partial charge < -0.3 is 14.4 Å². The van der Waals surface area contributed by atoms with Crippen LogP contribution in [0.15, 0.2) is 24.3 Å². The highest BCUT2D eigenvalue weighted by molar-refractivity contribution is 7.81. The monoisotopic (exact) mass is 406 g/mol. The predicted octanol–water partition coefficient (Wildman–Crippen LogP) is 4.35. The summed E-state index contributed by atoms with van der Waals surface area (Å²) in [6.45, 7) is 13.0. The molecule has 2 aliphatic rings. The highest BCUT2D eigenvalue weighted by Crippen LogP contribution is 2.39. The molecule has 5 heteroatoms. The van der Waals surface area contributed by atoms with Crippen molar-refractivity contribution in [3.05, 3.63) is 24.3 Å². The standard InChI is InChI=1S/C23H38N2O2S/c1-18-13-19(15-23(2,3)14-18)27-17-20(28)16-24-9-11-25(12-10-24)21-7-5-6-8-22(21)26-4/h5-8,18-20,28H,9-17H2,1-4H3/t18-,19-,20-/m1/s1. The number of rotatable bonds is 7. The van der Waals surface area contributed by atoms with Crippen LogP contribution in [0.2, 0.25) is 0 Å². The second-order valence-corrected chi connectivity index (χ2v) is 10.2. The third-order valence-corrected chi connectivity index (χ3v) is 6.45. The van der Waals surface area contributed by atoms with Gasteiger partial charge in [-0.3, -0.25) is 4.90 Å². The van der Waals surface area contributed by atoms with Gasteiger partial charge in [0.15, 0.2) is 0 Å². The summed E-state index contributed by atoms with van der Waals surface area (Å²) in [5.74, 6) is 1.72. The smallest absolute Gasteiger partial charge is 0.142 e. The summed E-state index contributed by atoms with van der Waals surface area (Å²) >= 11 is 4.83. The average Bonchev–Trinajstić information content (AvgIpc) is 2.65. The maximum Gasteiger partial charge on any atom is 0.142 e. The first kappa shape index (κ1) is 21.8. The molecule has 1 aromatic rings. The summed E-state index contributed by atoms with van der Waals surface area (Å²) in [5, 5.41) is 0.276. The Kier molecular flexibility index (Phi) is 7.57. The van der Waals surface area contributed by atoms with Crippen molar-refractivity contribution in [3.8, 4) is 5.75 Å². The maximum absolute atomic E-state index is 6.28. The summed E-state index contributed by atoms with van der Waals surface area (Å²) < 4.78 is 11.8. The summed E-state index contributed by atoms with van der Waals surface area (Å²) in [6, 6.07) is 8.30. The van der Waals surface area contributed by atoms with E-state index in [1.54, 1.807) is 7.11 Å². The Morgan fingerprint density at radius 3 is 2.54 bits per heavy atom. The maximum atomic E-state index is 6.28. The molecule has 1 aliphatic heterocycles. The van der Waals surface area contributed by atoms with E-state index in [9.17, 15) is 0 Å². The Hall–Kier alpha value is -0.910. The van der Waals surface area contributed by atoms with Crippen LogP contribution in [0.1, 0.15) is 40.0 Å². The highest BCUT2D eigenvalue weighted by atomic mass is 32.1. The number of thiol groups is 1. The Balaban J connectivity index is 1.41. The van der Waals surface area contributed by atoms with E-state index in [0.717, 1.165) is 51.0 Å². The topological polar surface area (TPSA) is 24.9 Å². The van der Waals surface area contributed by atoms with Gasteiger partial charge in [0.05, 0.1) is 25.5 Å². The van der Waals surface area contributed by atoms with Gasteiger partial charge in [-0.05, 0) is 42.7 Å². The third kappa shape index (κ3) is 6.04. The first-order valence-corrected chi connectivity index (χ1v) is 11.3. The molecule has 28 heavy (non-hydrogen) atoms. The van der Waals surface area contributed by atoms with Crippen molar-refractivity contribution in [1.29, 1.82) is 0 Å². The molecule has 0 aromatic heterocycles. The Morgan fingerprint density at radius 1 is 1.14 bits per heavy atom. The van der Waals surface area contributed by atoms with E-state index < -0.39 is 0 Å². The van der Waals surface area contributed by atoms with Crippen LogP contribution in [0.3, 0.4) is 0 Å². The number of anilines is 1. The van der Waals surface area contributed by atoms with Crippen molar-refractivity contribution >= 4 is 18.3 Å². The fourth-order valence-electron chi connectivity index (χ4n) is 5.05. The van der Waals surface area contributed by atoms with Gasteiger partial charge in [0.2, 0.25) is 0 Å². The molecule has 1 aliphatic carbocycles. The van der Waals surface area contributed by atoms with Crippen LogP contribution in [0.25, 0.3) is 0 Å². The number of methoxy groups -OCH3 is 1. The number of ether oxygens (including phenoxy) is 2. The van der Waals surface area contributed by atoms with Gasteiger partial charge >= 0.3 is 0 Å². The van der Waals surface area contributed by atoms with Gasteiger partial charge in [-0.1, -0.05) is 32.9 Å². The lowest BCUT2D eigenvalue weighted by Crippen LogP contribution is -2.48. The van der Waals surface area contributed by atoms with Crippen LogP contribution in [-0.4, -0.2) is 62.7 Å². The van der Waals surface area contributed by atoms with Gasteiger partial charge in [0.25, 0.3) is 0 Å². The lowest BCUT2D eigenvalue weighted by atomic mass is 9.71. The van der Waals surface area contributed by atoms with Crippen LogP contribution < -0.4 is 9.64 Å². The minimum Gasteiger partial charge on any atom is -0.495 e. The SMILES string of the molecule is COc1ccccc1N1CCN(C[C@@H](S)CO[C@@H]2C[C@@H](C)CC(C)(C)C2)CC1. The Bertz CT molecular complexity index is 616. The molecule has 3 atom stereocenters. The van der Waals surface area contributed by atoms with Gasteiger partial charge in [0, 0.05) is 38.0 Å². The molecule has 4 nitrogen and oxygen atoms in total. The number of benzene rings is 1. The van der Waals surface area contributed by atoms with Gasteiger partial charge in [0.1, 0.15) is 5.75 Å². The van der Waals surface area contributed by atoms with E-state index in [-0.39, 0.29) is 5.25 Å². The van der Waals surface area contributed by atoms with Crippen LogP contribution in [0, 0.1) is 11.3 Å². The van der Waals surface area contributed by atoms with Crippen LogP contribution >= 0.6 is 12.6 Å². The number of para-hydroxylation sites is 2. The van der Waals surface area contributed by atoms with Crippen molar-refractivity contribution in [2.45, 2.75) is 51.4 Å². The van der Waals surface area contributed by atoms with Gasteiger partial charge in [-0.2, -0.15) is 12.6 Å². The summed E-state index contributed by atoms with van der Waals surface area (Å²) in [5.41, 5.74) is 1.60. The van der Waals surface area contributed by atoms with E-state index in [2.05, 4.69) is 42.7 Å². The molecule has 0 spiro atoms. The van der Waals surface area contributed by atoms with E-state index >= 15 is 0 Å². The van der Waals surface area contributed by atoms with Crippen LogP contribution in [-0.2, 0) is 4.74 Å². The number of nitrogens with zero attached hydrogens (tertiary/aromatic N) is 2. The minimum absolute atomic E-state index is 0.276. The average molecular weight is 407 g/mol. The molecule has 0 radical (unpaired) electrons. The van der Waals surface area contributed by atoms with E-state index in [1.165, 1.54) is 24.9 Å². The number of hydrogen-bond donors (Lipinski definition) is 1. The molecule has 1 saturated carbocycles. The molecule has 1 aromatic carbocycles. The van der Waals surface area contributed by atoms with Crippen molar-refractivity contribution in [1.82, 2.24) is 4.90 Å².